The molecule has 0 aromatic rings. The van der Waals surface area contributed by atoms with E-state index in [1.54, 1.807) is 0 Å². The summed E-state index contributed by atoms with van der Waals surface area (Å²) in [7, 11) is 2.08. The number of hydrogen-bond donors (Lipinski definition) is 1. The highest BCUT2D eigenvalue weighted by atomic mass is 16.4. The van der Waals surface area contributed by atoms with Crippen LogP contribution in [0.5, 0.6) is 0 Å². The standard InChI is InChI=1S/C13H23NO2/c1-10-7-11(10)8-14(2)9-13(12(15)16)5-3-4-6-13/h10-11H,3-9H2,1-2H3,(H,15,16). The van der Waals surface area contributed by atoms with E-state index in [0.29, 0.717) is 0 Å². The van der Waals surface area contributed by atoms with Gasteiger partial charge in [0.1, 0.15) is 0 Å². The monoisotopic (exact) mass is 225 g/mol. The lowest BCUT2D eigenvalue weighted by atomic mass is 9.86. The molecule has 0 amide bonds. The fraction of sp³-hybridized carbons (Fsp3) is 0.923. The Balaban J connectivity index is 1.87. The minimum Gasteiger partial charge on any atom is -0.481 e. The molecule has 0 aromatic carbocycles. The van der Waals surface area contributed by atoms with Gasteiger partial charge in [0.15, 0.2) is 0 Å². The van der Waals surface area contributed by atoms with E-state index in [2.05, 4.69) is 18.9 Å². The van der Waals surface area contributed by atoms with Crippen molar-refractivity contribution in [2.24, 2.45) is 17.3 Å². The number of rotatable bonds is 5. The maximum atomic E-state index is 11.4. The summed E-state index contributed by atoms with van der Waals surface area (Å²) in [6.07, 6.45) is 5.23. The summed E-state index contributed by atoms with van der Waals surface area (Å²) in [6.45, 7) is 4.10. The predicted molar refractivity (Wildman–Crippen MR) is 63.3 cm³/mol. The van der Waals surface area contributed by atoms with Gasteiger partial charge in [0.25, 0.3) is 0 Å². The lowest BCUT2D eigenvalue weighted by Gasteiger charge is -2.29. The Kier molecular flexibility index (Phi) is 3.24. The van der Waals surface area contributed by atoms with Crippen molar-refractivity contribution in [2.45, 2.75) is 39.0 Å². The fourth-order valence-corrected chi connectivity index (χ4v) is 3.13. The first kappa shape index (κ1) is 11.9. The number of carbonyl (C=O) groups is 1. The molecule has 0 saturated heterocycles. The highest BCUT2D eigenvalue weighted by molar-refractivity contribution is 5.75. The lowest BCUT2D eigenvalue weighted by Crippen LogP contribution is -2.40. The van der Waals surface area contributed by atoms with Crippen molar-refractivity contribution in [3.05, 3.63) is 0 Å². The highest BCUT2D eigenvalue weighted by Gasteiger charge is 2.43. The van der Waals surface area contributed by atoms with Crippen LogP contribution in [0.25, 0.3) is 0 Å². The van der Waals surface area contributed by atoms with Crippen LogP contribution < -0.4 is 0 Å². The number of hydrogen-bond acceptors (Lipinski definition) is 2. The van der Waals surface area contributed by atoms with Gasteiger partial charge in [-0.3, -0.25) is 4.79 Å². The second-order valence-corrected chi connectivity index (χ2v) is 5.96. The van der Waals surface area contributed by atoms with Crippen LogP contribution in [-0.4, -0.2) is 36.1 Å². The summed E-state index contributed by atoms with van der Waals surface area (Å²) < 4.78 is 0. The Hall–Kier alpha value is -0.570. The molecule has 3 heteroatoms. The van der Waals surface area contributed by atoms with E-state index in [1.807, 2.05) is 0 Å². The van der Waals surface area contributed by atoms with E-state index >= 15 is 0 Å². The molecule has 2 unspecified atom stereocenters. The molecule has 3 nitrogen and oxygen atoms in total. The number of nitrogens with zero attached hydrogens (tertiary/aromatic N) is 1. The van der Waals surface area contributed by atoms with Gasteiger partial charge in [-0.2, -0.15) is 0 Å². The predicted octanol–water partition coefficient (Wildman–Crippen LogP) is 2.22. The van der Waals surface area contributed by atoms with Gasteiger partial charge in [-0.05, 0) is 38.1 Å². The molecule has 2 aliphatic carbocycles. The second-order valence-electron chi connectivity index (χ2n) is 5.96. The van der Waals surface area contributed by atoms with Gasteiger partial charge in [0, 0.05) is 13.1 Å². The first-order valence-electron chi connectivity index (χ1n) is 6.45. The first-order valence-corrected chi connectivity index (χ1v) is 6.45. The van der Waals surface area contributed by atoms with Crippen LogP contribution in [-0.2, 0) is 4.79 Å². The van der Waals surface area contributed by atoms with Crippen molar-refractivity contribution in [3.63, 3.8) is 0 Å². The normalized spacial score (nSPS) is 31.9. The Morgan fingerprint density at radius 2 is 2.00 bits per heavy atom. The Morgan fingerprint density at radius 3 is 2.44 bits per heavy atom. The van der Waals surface area contributed by atoms with E-state index in [0.717, 1.165) is 50.6 Å². The van der Waals surface area contributed by atoms with Crippen LogP contribution in [0.4, 0.5) is 0 Å². The van der Waals surface area contributed by atoms with Crippen LogP contribution in [0.1, 0.15) is 39.0 Å². The van der Waals surface area contributed by atoms with E-state index < -0.39 is 11.4 Å². The van der Waals surface area contributed by atoms with E-state index in [-0.39, 0.29) is 0 Å². The van der Waals surface area contributed by atoms with Gasteiger partial charge >= 0.3 is 5.97 Å². The summed E-state index contributed by atoms with van der Waals surface area (Å²) in [4.78, 5) is 13.6. The smallest absolute Gasteiger partial charge is 0.310 e. The molecule has 2 rings (SSSR count). The van der Waals surface area contributed by atoms with Gasteiger partial charge in [0.2, 0.25) is 0 Å². The quantitative estimate of drug-likeness (QED) is 0.780. The van der Waals surface area contributed by atoms with Gasteiger partial charge in [0.05, 0.1) is 5.41 Å². The third-order valence-electron chi connectivity index (χ3n) is 4.41. The summed E-state index contributed by atoms with van der Waals surface area (Å²) in [5.41, 5.74) is -0.438. The maximum Gasteiger partial charge on any atom is 0.310 e. The third-order valence-corrected chi connectivity index (χ3v) is 4.41. The van der Waals surface area contributed by atoms with Crippen molar-refractivity contribution in [1.29, 1.82) is 0 Å². The van der Waals surface area contributed by atoms with Gasteiger partial charge < -0.3 is 10.0 Å². The van der Waals surface area contributed by atoms with Gasteiger partial charge in [-0.15, -0.1) is 0 Å². The van der Waals surface area contributed by atoms with Crippen LogP contribution in [0.2, 0.25) is 0 Å². The largest absolute Gasteiger partial charge is 0.481 e. The van der Waals surface area contributed by atoms with Gasteiger partial charge in [-0.1, -0.05) is 19.8 Å². The topological polar surface area (TPSA) is 40.5 Å². The summed E-state index contributed by atoms with van der Waals surface area (Å²) >= 11 is 0. The second kappa shape index (κ2) is 4.36. The van der Waals surface area contributed by atoms with Crippen LogP contribution in [0.3, 0.4) is 0 Å². The third kappa shape index (κ3) is 2.40. The SMILES string of the molecule is CC1CC1CN(C)CC1(C(=O)O)CCCC1. The van der Waals surface area contributed by atoms with Crippen LogP contribution in [0, 0.1) is 17.3 Å². The molecule has 2 aliphatic rings. The molecule has 2 saturated carbocycles. The van der Waals surface area contributed by atoms with E-state index in [4.69, 9.17) is 0 Å². The molecule has 2 atom stereocenters. The molecule has 0 heterocycles. The lowest BCUT2D eigenvalue weighted by molar-refractivity contribution is -0.149. The van der Waals surface area contributed by atoms with Crippen molar-refractivity contribution in [1.82, 2.24) is 4.90 Å². The zero-order chi connectivity index (χ0) is 11.8. The minimum absolute atomic E-state index is 0.438. The average Bonchev–Trinajstić information content (AvgIpc) is 2.72. The van der Waals surface area contributed by atoms with E-state index in [1.165, 1.54) is 6.42 Å². The molecular weight excluding hydrogens is 202 g/mol. The van der Waals surface area contributed by atoms with Crippen molar-refractivity contribution in [3.8, 4) is 0 Å². The van der Waals surface area contributed by atoms with Gasteiger partial charge in [-0.25, -0.2) is 0 Å². The molecule has 2 fully saturated rings. The molecule has 1 N–H and O–H groups in total. The molecule has 92 valence electrons. The molecule has 0 bridgehead atoms. The summed E-state index contributed by atoms with van der Waals surface area (Å²) in [5.74, 6) is 1.09. The van der Waals surface area contributed by atoms with Crippen LogP contribution in [0.15, 0.2) is 0 Å². The van der Waals surface area contributed by atoms with Crippen molar-refractivity contribution in [2.75, 3.05) is 20.1 Å². The summed E-state index contributed by atoms with van der Waals surface area (Å²) in [5, 5.41) is 9.39. The van der Waals surface area contributed by atoms with Crippen LogP contribution >= 0.6 is 0 Å². The average molecular weight is 225 g/mol. The maximum absolute atomic E-state index is 11.4. The zero-order valence-electron chi connectivity index (χ0n) is 10.4. The zero-order valence-corrected chi connectivity index (χ0v) is 10.4. The highest BCUT2D eigenvalue weighted by Crippen LogP contribution is 2.41. The van der Waals surface area contributed by atoms with E-state index in [9.17, 15) is 9.90 Å². The summed E-state index contributed by atoms with van der Waals surface area (Å²) in [6, 6.07) is 0. The number of aliphatic carboxylic acids is 1. The number of carboxylic acids is 1. The Morgan fingerprint density at radius 1 is 1.44 bits per heavy atom. The van der Waals surface area contributed by atoms with Crippen molar-refractivity contribution >= 4 is 5.97 Å². The number of carboxylic acid groups (broad SMARTS) is 1. The molecule has 0 aromatic heterocycles. The molecule has 0 aliphatic heterocycles. The first-order chi connectivity index (χ1) is 7.53. The molecular formula is C13H23NO2. The molecule has 0 spiro atoms. The Labute approximate surface area is 97.8 Å². The minimum atomic E-state index is -0.583. The fourth-order valence-electron chi connectivity index (χ4n) is 3.13. The molecule has 16 heavy (non-hydrogen) atoms. The van der Waals surface area contributed by atoms with Crippen molar-refractivity contribution < 1.29 is 9.90 Å². The molecule has 0 radical (unpaired) electrons. The Bertz CT molecular complexity index is 271.